The van der Waals surface area contributed by atoms with Crippen molar-refractivity contribution >= 4 is 28.6 Å². The lowest BCUT2D eigenvalue weighted by Gasteiger charge is -2.24. The van der Waals surface area contributed by atoms with Gasteiger partial charge in [-0.2, -0.15) is 0 Å². The molecular weight excluding hydrogens is 432 g/mol. The number of aromatic nitrogens is 1. The van der Waals surface area contributed by atoms with Crippen LogP contribution in [0.4, 0.5) is 0 Å². The molecular formula is C27H28N2O3S. The average molecular weight is 461 g/mol. The summed E-state index contributed by atoms with van der Waals surface area (Å²) >= 11 is 1.70. The van der Waals surface area contributed by atoms with E-state index in [0.29, 0.717) is 25.3 Å². The van der Waals surface area contributed by atoms with Crippen LogP contribution >= 0.6 is 11.8 Å². The molecule has 0 aliphatic rings. The molecule has 0 bridgehead atoms. The summed E-state index contributed by atoms with van der Waals surface area (Å²) < 4.78 is 10.4. The van der Waals surface area contributed by atoms with Crippen LogP contribution in [0.15, 0.2) is 76.4 Å². The van der Waals surface area contributed by atoms with E-state index in [-0.39, 0.29) is 5.91 Å². The molecule has 1 amide bonds. The summed E-state index contributed by atoms with van der Waals surface area (Å²) in [5.74, 6) is -0.0622. The number of thioether (sulfide) groups is 1. The largest absolute Gasteiger partial charge is 0.472 e. The first-order chi connectivity index (χ1) is 16.1. The van der Waals surface area contributed by atoms with E-state index in [4.69, 9.17) is 14.1 Å². The number of furan rings is 1. The maximum absolute atomic E-state index is 13.3. The first-order valence-electron chi connectivity index (χ1n) is 10.9. The van der Waals surface area contributed by atoms with Crippen molar-refractivity contribution in [3.05, 3.63) is 83.8 Å². The third-order valence-electron chi connectivity index (χ3n) is 5.59. The van der Waals surface area contributed by atoms with E-state index in [1.54, 1.807) is 24.9 Å². The first kappa shape index (κ1) is 23.1. The topological polar surface area (TPSA) is 55.6 Å². The first-order valence-corrected chi connectivity index (χ1v) is 12.2. The molecule has 0 spiro atoms. The van der Waals surface area contributed by atoms with E-state index in [1.165, 1.54) is 23.0 Å². The highest BCUT2D eigenvalue weighted by atomic mass is 32.2. The smallest absolute Gasteiger partial charge is 0.257 e. The minimum atomic E-state index is -0.0622. The van der Waals surface area contributed by atoms with Crippen molar-refractivity contribution in [2.24, 2.45) is 0 Å². The molecule has 2 aromatic carbocycles. The van der Waals surface area contributed by atoms with Gasteiger partial charge in [-0.05, 0) is 55.5 Å². The van der Waals surface area contributed by atoms with Crippen LogP contribution in [0, 0.1) is 6.92 Å². The fraction of sp³-hybridized carbons (Fsp3) is 0.259. The van der Waals surface area contributed by atoms with Gasteiger partial charge in [-0.1, -0.05) is 29.8 Å². The van der Waals surface area contributed by atoms with Gasteiger partial charge in [0.05, 0.1) is 23.0 Å². The van der Waals surface area contributed by atoms with Crippen molar-refractivity contribution in [3.63, 3.8) is 0 Å². The van der Waals surface area contributed by atoms with Gasteiger partial charge in [0.25, 0.3) is 5.91 Å². The number of aryl methyl sites for hydroxylation is 1. The highest BCUT2D eigenvalue weighted by molar-refractivity contribution is 7.98. The lowest BCUT2D eigenvalue weighted by atomic mass is 10.0. The molecule has 0 N–H and O–H groups in total. The molecule has 4 aromatic rings. The number of pyridine rings is 1. The fourth-order valence-corrected chi connectivity index (χ4v) is 4.34. The van der Waals surface area contributed by atoms with Gasteiger partial charge >= 0.3 is 0 Å². The molecule has 5 nitrogen and oxygen atoms in total. The normalized spacial score (nSPS) is 11.1. The number of hydrogen-bond donors (Lipinski definition) is 0. The third kappa shape index (κ3) is 5.46. The average Bonchev–Trinajstić information content (AvgIpc) is 3.37. The van der Waals surface area contributed by atoms with Gasteiger partial charge in [0.2, 0.25) is 0 Å². The van der Waals surface area contributed by atoms with Crippen molar-refractivity contribution in [1.82, 2.24) is 9.88 Å². The van der Waals surface area contributed by atoms with Crippen LogP contribution in [0.5, 0.6) is 0 Å². The van der Waals surface area contributed by atoms with Crippen molar-refractivity contribution in [3.8, 4) is 11.3 Å². The number of methoxy groups -OCH3 is 1. The Morgan fingerprint density at radius 1 is 1.15 bits per heavy atom. The van der Waals surface area contributed by atoms with Gasteiger partial charge in [-0.25, -0.2) is 4.98 Å². The van der Waals surface area contributed by atoms with Gasteiger partial charge in [0.15, 0.2) is 0 Å². The highest BCUT2D eigenvalue weighted by Gasteiger charge is 2.20. The van der Waals surface area contributed by atoms with Crippen LogP contribution < -0.4 is 0 Å². The Morgan fingerprint density at radius 2 is 2.03 bits per heavy atom. The number of hydrogen-bond acceptors (Lipinski definition) is 5. The van der Waals surface area contributed by atoms with Crippen molar-refractivity contribution < 1.29 is 13.9 Å². The van der Waals surface area contributed by atoms with E-state index >= 15 is 0 Å². The minimum absolute atomic E-state index is 0.0622. The zero-order chi connectivity index (χ0) is 23.2. The lowest BCUT2D eigenvalue weighted by molar-refractivity contribution is 0.0723. The molecule has 2 heterocycles. The Balaban J connectivity index is 1.78. The molecule has 0 fully saturated rings. The van der Waals surface area contributed by atoms with Crippen molar-refractivity contribution in [1.29, 1.82) is 0 Å². The second-order valence-electron chi connectivity index (χ2n) is 8.01. The Labute approximate surface area is 198 Å². The van der Waals surface area contributed by atoms with Gasteiger partial charge < -0.3 is 14.1 Å². The summed E-state index contributed by atoms with van der Waals surface area (Å²) in [7, 11) is 1.67. The molecule has 170 valence electrons. The standard InChI is InChI=1S/C27H28N2O3S/c1-19-6-4-7-21(14-19)26-23(15-20-8-9-24(33-3)16-25(20)28-26)17-29(11-5-12-31-2)27(30)22-10-13-32-18-22/h4,6-10,13-16,18H,5,11-12,17H2,1-3H3. The predicted octanol–water partition coefficient (Wildman–Crippen LogP) is 6.20. The predicted molar refractivity (Wildman–Crippen MR) is 134 cm³/mol. The monoisotopic (exact) mass is 460 g/mol. The van der Waals surface area contributed by atoms with E-state index in [1.807, 2.05) is 11.0 Å². The Kier molecular flexibility index (Phi) is 7.47. The van der Waals surface area contributed by atoms with Gasteiger partial charge in [-0.3, -0.25) is 4.79 Å². The second kappa shape index (κ2) is 10.7. The summed E-state index contributed by atoms with van der Waals surface area (Å²) in [6, 6.07) is 18.5. The number of carbonyl (C=O) groups is 1. The zero-order valence-corrected chi connectivity index (χ0v) is 20.0. The molecule has 0 aliphatic carbocycles. The SMILES string of the molecule is COCCCN(Cc1cc2ccc(SC)cc2nc1-c1cccc(C)c1)C(=O)c1ccoc1. The Morgan fingerprint density at radius 3 is 2.76 bits per heavy atom. The summed E-state index contributed by atoms with van der Waals surface area (Å²) in [5, 5.41) is 1.06. The van der Waals surface area contributed by atoms with E-state index in [9.17, 15) is 4.79 Å². The Hall–Kier alpha value is -3.09. The zero-order valence-electron chi connectivity index (χ0n) is 19.2. The lowest BCUT2D eigenvalue weighted by Crippen LogP contribution is -2.32. The molecule has 4 rings (SSSR count). The quantitative estimate of drug-likeness (QED) is 0.220. The number of rotatable bonds is 9. The molecule has 0 aliphatic heterocycles. The number of carbonyl (C=O) groups excluding carboxylic acids is 1. The molecule has 0 unspecified atom stereocenters. The fourth-order valence-electron chi connectivity index (χ4n) is 3.91. The molecule has 2 aromatic heterocycles. The maximum Gasteiger partial charge on any atom is 0.257 e. The highest BCUT2D eigenvalue weighted by Crippen LogP contribution is 2.30. The second-order valence-corrected chi connectivity index (χ2v) is 8.89. The molecule has 0 radical (unpaired) electrons. The van der Waals surface area contributed by atoms with Crippen LogP contribution in [0.1, 0.15) is 27.9 Å². The van der Waals surface area contributed by atoms with E-state index in [2.05, 4.69) is 55.6 Å². The van der Waals surface area contributed by atoms with Gasteiger partial charge in [0.1, 0.15) is 6.26 Å². The summed E-state index contributed by atoms with van der Waals surface area (Å²) in [5.41, 5.74) is 5.64. The third-order valence-corrected chi connectivity index (χ3v) is 6.31. The van der Waals surface area contributed by atoms with Crippen molar-refractivity contribution in [2.75, 3.05) is 26.5 Å². The van der Waals surface area contributed by atoms with E-state index < -0.39 is 0 Å². The van der Waals surface area contributed by atoms with E-state index in [0.717, 1.165) is 34.1 Å². The summed E-state index contributed by atoms with van der Waals surface area (Å²) in [6.45, 7) is 3.70. The van der Waals surface area contributed by atoms with Crippen LogP contribution in [0.3, 0.4) is 0 Å². The molecule has 0 atom stereocenters. The van der Waals surface area contributed by atoms with Gasteiger partial charge in [-0.15, -0.1) is 11.8 Å². The molecule has 6 heteroatoms. The van der Waals surface area contributed by atoms with Crippen LogP contribution in [0.2, 0.25) is 0 Å². The Bertz CT molecular complexity index is 1240. The summed E-state index contributed by atoms with van der Waals surface area (Å²) in [4.78, 5) is 21.4. The van der Waals surface area contributed by atoms with Crippen LogP contribution in [-0.4, -0.2) is 42.3 Å². The van der Waals surface area contributed by atoms with Crippen LogP contribution in [0.25, 0.3) is 22.2 Å². The molecule has 33 heavy (non-hydrogen) atoms. The minimum Gasteiger partial charge on any atom is -0.472 e. The number of amides is 1. The number of benzene rings is 2. The van der Waals surface area contributed by atoms with Crippen molar-refractivity contribution in [2.45, 2.75) is 24.8 Å². The van der Waals surface area contributed by atoms with Crippen LogP contribution in [-0.2, 0) is 11.3 Å². The molecule has 0 saturated heterocycles. The van der Waals surface area contributed by atoms with Gasteiger partial charge in [0, 0.05) is 42.7 Å². The number of fused-ring (bicyclic) bond motifs is 1. The summed E-state index contributed by atoms with van der Waals surface area (Å²) in [6.07, 6.45) is 5.84. The maximum atomic E-state index is 13.3. The number of nitrogens with zero attached hydrogens (tertiary/aromatic N) is 2. The number of ether oxygens (including phenoxy) is 1. The molecule has 0 saturated carbocycles.